The fraction of sp³-hybridized carbons (Fsp3) is 0.0323. The molecular weight excluding hydrogens is 791 g/mol. The number of benzene rings is 10. The third-order valence-electron chi connectivity index (χ3n) is 14.6. The first-order valence-corrected chi connectivity index (χ1v) is 23.1. The second-order valence-corrected chi connectivity index (χ2v) is 18.6. The van der Waals surface area contributed by atoms with Gasteiger partial charge in [0.1, 0.15) is 0 Å². The van der Waals surface area contributed by atoms with E-state index in [2.05, 4.69) is 241 Å². The Kier molecular flexibility index (Phi) is 7.47. The molecule has 3 aliphatic carbocycles. The standard InChI is InChI=1S/C62H39NS/c1-2-16-42(17-3-1)63(43-33-30-40(31-34-43)41-32-36-50-49-21-7-15-29-59(49)64-60(50)38-41)44-35-37-48-47-20-6-10-24-53(47)62(58(48)39-44)56-27-13-11-25-54(56)61(55-26-12-14-28-57(55)62)51-22-8-4-18-45(51)46-19-5-9-23-52(46)61/h1-39H. The van der Waals surface area contributed by atoms with E-state index in [-0.39, 0.29) is 0 Å². The Morgan fingerprint density at radius 3 is 1.28 bits per heavy atom. The molecule has 0 N–H and O–H groups in total. The number of hydrogen-bond acceptors (Lipinski definition) is 2. The van der Waals surface area contributed by atoms with Gasteiger partial charge in [-0.1, -0.05) is 188 Å². The largest absolute Gasteiger partial charge is 0.310 e. The molecule has 0 aliphatic heterocycles. The highest BCUT2D eigenvalue weighted by atomic mass is 32.1. The summed E-state index contributed by atoms with van der Waals surface area (Å²) in [6.45, 7) is 0. The van der Waals surface area contributed by atoms with Crippen LogP contribution in [-0.4, -0.2) is 0 Å². The van der Waals surface area contributed by atoms with Gasteiger partial charge in [-0.15, -0.1) is 11.3 Å². The van der Waals surface area contributed by atoms with Crippen molar-refractivity contribution >= 4 is 48.6 Å². The summed E-state index contributed by atoms with van der Waals surface area (Å²) in [5.74, 6) is 0. The molecule has 0 fully saturated rings. The summed E-state index contributed by atoms with van der Waals surface area (Å²) >= 11 is 1.87. The maximum Gasteiger partial charge on any atom is 0.0720 e. The topological polar surface area (TPSA) is 3.24 Å². The quantitative estimate of drug-likeness (QED) is 0.171. The van der Waals surface area contributed by atoms with Crippen LogP contribution in [0.25, 0.3) is 53.6 Å². The van der Waals surface area contributed by atoms with Crippen LogP contribution in [0.5, 0.6) is 0 Å². The summed E-state index contributed by atoms with van der Waals surface area (Å²) in [5.41, 5.74) is 20.7. The molecule has 2 spiro atoms. The molecule has 0 radical (unpaired) electrons. The van der Waals surface area contributed by atoms with Gasteiger partial charge in [0.15, 0.2) is 0 Å². The molecule has 0 atom stereocenters. The number of hydrogen-bond donors (Lipinski definition) is 0. The zero-order valence-electron chi connectivity index (χ0n) is 34.9. The average Bonchev–Trinajstić information content (AvgIpc) is 3.99. The minimum Gasteiger partial charge on any atom is -0.310 e. The molecule has 11 aromatic rings. The van der Waals surface area contributed by atoms with Crippen LogP contribution in [0.2, 0.25) is 0 Å². The zero-order valence-corrected chi connectivity index (χ0v) is 35.7. The predicted octanol–water partition coefficient (Wildman–Crippen LogP) is 16.2. The average molecular weight is 830 g/mol. The van der Waals surface area contributed by atoms with Gasteiger partial charge in [-0.3, -0.25) is 0 Å². The van der Waals surface area contributed by atoms with Crippen molar-refractivity contribution in [3.05, 3.63) is 281 Å². The van der Waals surface area contributed by atoms with E-state index in [1.807, 2.05) is 11.3 Å². The van der Waals surface area contributed by atoms with E-state index in [1.54, 1.807) is 0 Å². The number of nitrogens with zero attached hydrogens (tertiary/aromatic N) is 1. The van der Waals surface area contributed by atoms with Crippen molar-refractivity contribution in [3.8, 4) is 33.4 Å². The molecule has 14 rings (SSSR count). The van der Waals surface area contributed by atoms with Gasteiger partial charge in [0.05, 0.1) is 10.8 Å². The third-order valence-corrected chi connectivity index (χ3v) is 15.7. The van der Waals surface area contributed by atoms with E-state index in [9.17, 15) is 0 Å². The van der Waals surface area contributed by atoms with E-state index < -0.39 is 10.8 Å². The fourth-order valence-electron chi connectivity index (χ4n) is 12.1. The van der Waals surface area contributed by atoms with Crippen LogP contribution in [0.1, 0.15) is 44.5 Å². The molecule has 2 heteroatoms. The van der Waals surface area contributed by atoms with Crippen LogP contribution in [0.3, 0.4) is 0 Å². The van der Waals surface area contributed by atoms with Crippen LogP contribution >= 0.6 is 11.3 Å². The van der Waals surface area contributed by atoms with Gasteiger partial charge >= 0.3 is 0 Å². The van der Waals surface area contributed by atoms with Crippen LogP contribution in [0.15, 0.2) is 237 Å². The van der Waals surface area contributed by atoms with Crippen molar-refractivity contribution in [2.45, 2.75) is 10.8 Å². The molecule has 0 saturated carbocycles. The first-order chi connectivity index (χ1) is 31.7. The van der Waals surface area contributed by atoms with Gasteiger partial charge in [-0.25, -0.2) is 0 Å². The van der Waals surface area contributed by atoms with E-state index in [0.717, 1.165) is 17.1 Å². The van der Waals surface area contributed by atoms with Crippen LogP contribution in [-0.2, 0) is 10.8 Å². The first kappa shape index (κ1) is 35.8. The molecule has 10 aromatic carbocycles. The maximum atomic E-state index is 2.51. The van der Waals surface area contributed by atoms with Gasteiger partial charge in [0.2, 0.25) is 0 Å². The molecule has 0 saturated heterocycles. The van der Waals surface area contributed by atoms with E-state index in [1.165, 1.54) is 98.1 Å². The molecule has 0 unspecified atom stereocenters. The lowest BCUT2D eigenvalue weighted by atomic mass is 9.52. The Morgan fingerprint density at radius 1 is 0.266 bits per heavy atom. The summed E-state index contributed by atoms with van der Waals surface area (Å²) in [4.78, 5) is 2.43. The molecule has 0 bridgehead atoms. The number of anilines is 3. The maximum absolute atomic E-state index is 2.51. The predicted molar refractivity (Wildman–Crippen MR) is 268 cm³/mol. The smallest absolute Gasteiger partial charge is 0.0720 e. The lowest BCUT2D eigenvalue weighted by Crippen LogP contribution is -2.43. The van der Waals surface area contributed by atoms with E-state index in [0.29, 0.717) is 0 Å². The van der Waals surface area contributed by atoms with Crippen molar-refractivity contribution in [2.24, 2.45) is 0 Å². The Balaban J connectivity index is 0.984. The van der Waals surface area contributed by atoms with Gasteiger partial charge in [0, 0.05) is 37.2 Å². The van der Waals surface area contributed by atoms with Crippen LogP contribution in [0, 0.1) is 0 Å². The molecule has 298 valence electrons. The molecule has 0 amide bonds. The number of para-hydroxylation sites is 1. The highest BCUT2D eigenvalue weighted by Gasteiger charge is 2.58. The van der Waals surface area contributed by atoms with Gasteiger partial charge in [-0.2, -0.15) is 0 Å². The summed E-state index contributed by atoms with van der Waals surface area (Å²) in [7, 11) is 0. The van der Waals surface area contributed by atoms with Gasteiger partial charge in [-0.05, 0) is 126 Å². The lowest BCUT2D eigenvalue weighted by Gasteiger charge is -2.49. The van der Waals surface area contributed by atoms with Crippen molar-refractivity contribution in [1.29, 1.82) is 0 Å². The highest BCUT2D eigenvalue weighted by Crippen LogP contribution is 2.67. The van der Waals surface area contributed by atoms with Crippen molar-refractivity contribution in [1.82, 2.24) is 0 Å². The van der Waals surface area contributed by atoms with Crippen LogP contribution < -0.4 is 4.90 Å². The van der Waals surface area contributed by atoms with Crippen LogP contribution in [0.4, 0.5) is 17.1 Å². The molecular formula is C62H39NS. The van der Waals surface area contributed by atoms with Crippen molar-refractivity contribution in [2.75, 3.05) is 4.90 Å². The van der Waals surface area contributed by atoms with Crippen molar-refractivity contribution in [3.63, 3.8) is 0 Å². The summed E-state index contributed by atoms with van der Waals surface area (Å²) in [5, 5.41) is 2.65. The first-order valence-electron chi connectivity index (χ1n) is 22.3. The summed E-state index contributed by atoms with van der Waals surface area (Å²) in [6, 6.07) is 89.0. The zero-order chi connectivity index (χ0) is 42.0. The van der Waals surface area contributed by atoms with E-state index in [4.69, 9.17) is 0 Å². The number of rotatable bonds is 4. The Morgan fingerprint density at radius 2 is 0.688 bits per heavy atom. The SMILES string of the molecule is c1ccc(N(c2ccc(-c3ccc4c(c3)sc3ccccc34)cc2)c2ccc3c(c2)C2(c4ccccc4-3)c3ccccc3C3(c4ccccc4-c4ccccc43)c3ccccc32)cc1. The monoisotopic (exact) mass is 829 g/mol. The summed E-state index contributed by atoms with van der Waals surface area (Å²) in [6.07, 6.45) is 0. The Bertz CT molecular complexity index is 3590. The third kappa shape index (κ3) is 4.63. The fourth-order valence-corrected chi connectivity index (χ4v) is 13.2. The highest BCUT2D eigenvalue weighted by molar-refractivity contribution is 7.25. The Labute approximate surface area is 376 Å². The summed E-state index contributed by atoms with van der Waals surface area (Å²) < 4.78 is 2.65. The van der Waals surface area contributed by atoms with Gasteiger partial charge < -0.3 is 4.90 Å². The van der Waals surface area contributed by atoms with Crippen molar-refractivity contribution < 1.29 is 0 Å². The number of thiophene rings is 1. The lowest BCUT2D eigenvalue weighted by molar-refractivity contribution is 0.633. The second-order valence-electron chi connectivity index (χ2n) is 17.5. The molecule has 64 heavy (non-hydrogen) atoms. The van der Waals surface area contributed by atoms with E-state index >= 15 is 0 Å². The molecule has 1 aromatic heterocycles. The minimum absolute atomic E-state index is 0.472. The number of fused-ring (bicyclic) bond motifs is 19. The Hall–Kier alpha value is -7.78. The minimum atomic E-state index is -0.565. The molecule has 1 nitrogen and oxygen atoms in total. The molecule has 3 aliphatic rings. The van der Waals surface area contributed by atoms with Gasteiger partial charge in [0.25, 0.3) is 0 Å². The molecule has 1 heterocycles. The second kappa shape index (κ2) is 13.4. The normalized spacial score (nSPS) is 14.2.